The van der Waals surface area contributed by atoms with Gasteiger partial charge in [-0.25, -0.2) is 0 Å². The monoisotopic (exact) mass is 533 g/mol. The summed E-state index contributed by atoms with van der Waals surface area (Å²) in [4.78, 5) is 29.0. The minimum absolute atomic E-state index is 0.00128. The Labute approximate surface area is 228 Å². The maximum atomic E-state index is 13.5. The number of amides is 1. The molecule has 206 valence electrons. The van der Waals surface area contributed by atoms with E-state index in [1.54, 1.807) is 6.07 Å². The van der Waals surface area contributed by atoms with E-state index in [9.17, 15) is 14.9 Å². The van der Waals surface area contributed by atoms with Crippen molar-refractivity contribution in [2.45, 2.75) is 64.1 Å². The lowest BCUT2D eigenvalue weighted by Crippen LogP contribution is -2.65. The van der Waals surface area contributed by atoms with Gasteiger partial charge in [-0.2, -0.15) is 0 Å². The number of hydrogen-bond acceptors (Lipinski definition) is 6. The number of benzene rings is 2. The molecule has 1 aliphatic heterocycles. The van der Waals surface area contributed by atoms with Gasteiger partial charge in [-0.3, -0.25) is 19.9 Å². The van der Waals surface area contributed by atoms with Crippen LogP contribution in [0.3, 0.4) is 0 Å². The van der Waals surface area contributed by atoms with Crippen LogP contribution < -0.4 is 16.8 Å². The smallest absolute Gasteiger partial charge is 0.404 e. The Kier molecular flexibility index (Phi) is 7.15. The molecule has 2 bridgehead atoms. The van der Waals surface area contributed by atoms with Crippen LogP contribution in [0.1, 0.15) is 56.8 Å². The topological polar surface area (TPSA) is 155 Å². The Morgan fingerprint density at radius 3 is 2.59 bits per heavy atom. The van der Waals surface area contributed by atoms with Crippen LogP contribution >= 0.6 is 0 Å². The first-order chi connectivity index (χ1) is 18.5. The van der Waals surface area contributed by atoms with Gasteiger partial charge in [-0.1, -0.05) is 50.2 Å². The van der Waals surface area contributed by atoms with Gasteiger partial charge in [-0.15, -0.1) is 0 Å². The predicted octanol–water partition coefficient (Wildman–Crippen LogP) is 3.68. The van der Waals surface area contributed by atoms with Gasteiger partial charge in [0.05, 0.1) is 22.6 Å². The average molecular weight is 533 g/mol. The molecule has 2 aromatic carbocycles. The zero-order chi connectivity index (χ0) is 27.9. The van der Waals surface area contributed by atoms with Crippen LogP contribution in [0.2, 0.25) is 0 Å². The van der Waals surface area contributed by atoms with Crippen molar-refractivity contribution in [3.8, 4) is 11.1 Å². The number of carbonyl (C=O) groups excluding carboxylic acids is 1. The molecule has 0 radical (unpaired) electrons. The average Bonchev–Trinajstić information content (AvgIpc) is 3.27. The molecular formula is C28H36BN5O5. The molecule has 10 nitrogen and oxygen atoms in total. The largest absolute Gasteiger partial charge is 0.481 e. The summed E-state index contributed by atoms with van der Waals surface area (Å²) in [6.45, 7) is 7.07. The summed E-state index contributed by atoms with van der Waals surface area (Å²) in [7, 11) is -0.680. The lowest BCUT2D eigenvalue weighted by Gasteiger charge is -2.64. The molecule has 4 aliphatic rings. The Balaban J connectivity index is 1.38. The van der Waals surface area contributed by atoms with Crippen molar-refractivity contribution in [2.24, 2.45) is 33.7 Å². The molecule has 11 heteroatoms. The molecule has 3 aliphatic carbocycles. The molecule has 2 aromatic rings. The van der Waals surface area contributed by atoms with E-state index in [0.717, 1.165) is 18.4 Å². The van der Waals surface area contributed by atoms with Crippen molar-refractivity contribution < 1.29 is 19.0 Å². The molecule has 1 saturated heterocycles. The summed E-state index contributed by atoms with van der Waals surface area (Å²) in [5.74, 6) is -0.140. The normalized spacial score (nSPS) is 27.2. The fourth-order valence-electron chi connectivity index (χ4n) is 6.80. The van der Waals surface area contributed by atoms with E-state index < -0.39 is 29.5 Å². The number of nitrogens with two attached hydrogens (primary N) is 2. The second kappa shape index (κ2) is 10.3. The van der Waals surface area contributed by atoms with E-state index in [1.165, 1.54) is 12.1 Å². The van der Waals surface area contributed by atoms with Crippen molar-refractivity contribution in [1.29, 1.82) is 0 Å². The third kappa shape index (κ3) is 5.01. The summed E-state index contributed by atoms with van der Waals surface area (Å²) in [6.07, 6.45) is 3.01. The predicted molar refractivity (Wildman–Crippen MR) is 150 cm³/mol. The van der Waals surface area contributed by atoms with Gasteiger partial charge >= 0.3 is 7.12 Å². The van der Waals surface area contributed by atoms with Gasteiger partial charge in [0.25, 0.3) is 11.6 Å². The molecule has 39 heavy (non-hydrogen) atoms. The van der Waals surface area contributed by atoms with E-state index in [0.29, 0.717) is 36.8 Å². The fourth-order valence-corrected chi connectivity index (χ4v) is 6.80. The third-order valence-electron chi connectivity index (χ3n) is 9.13. The Hall–Kier alpha value is -3.44. The second-order valence-electron chi connectivity index (χ2n) is 11.7. The lowest BCUT2D eigenvalue weighted by molar-refractivity contribution is -0.385. The van der Waals surface area contributed by atoms with Crippen molar-refractivity contribution in [2.75, 3.05) is 6.54 Å². The van der Waals surface area contributed by atoms with Crippen molar-refractivity contribution in [3.63, 3.8) is 0 Å². The fraction of sp³-hybridized carbons (Fsp3) is 0.500. The van der Waals surface area contributed by atoms with Gasteiger partial charge in [-0.05, 0) is 67.1 Å². The van der Waals surface area contributed by atoms with Gasteiger partial charge in [0.2, 0.25) is 0 Å². The number of nitrogens with zero attached hydrogens (tertiary/aromatic N) is 2. The van der Waals surface area contributed by atoms with E-state index in [1.807, 2.05) is 30.3 Å². The standard InChI is InChI=1S/C28H36BN5O5/c1-27(2)19-15-22(27)28(3)23(16-19)38-29(39-28)24(10-7-13-32-26(30)31)33-25(35)20-12-11-18(14-21(20)34(36)37)17-8-5-4-6-9-17/h4-6,8-9,11-12,14,19,22-24H,7,10,13,15-16H2,1-3H3,(H,33,35)(H4,30,31,32)/t19?,22?,23-,24+,28+/m1/s1. The number of nitro benzene ring substituents is 1. The first kappa shape index (κ1) is 27.1. The maximum absolute atomic E-state index is 13.5. The number of aliphatic imine (C=N–C) groups is 1. The first-order valence-corrected chi connectivity index (χ1v) is 13.5. The van der Waals surface area contributed by atoms with E-state index in [4.69, 9.17) is 20.8 Å². The van der Waals surface area contributed by atoms with Crippen LogP contribution in [0.5, 0.6) is 0 Å². The molecule has 3 saturated carbocycles. The number of nitro groups is 1. The minimum Gasteiger partial charge on any atom is -0.404 e. The highest BCUT2D eigenvalue weighted by Crippen LogP contribution is 2.65. The summed E-state index contributed by atoms with van der Waals surface area (Å²) in [5.41, 5.74) is 11.9. The van der Waals surface area contributed by atoms with Gasteiger partial charge in [0.1, 0.15) is 5.56 Å². The molecule has 0 spiro atoms. The molecule has 5 atom stereocenters. The zero-order valence-electron chi connectivity index (χ0n) is 22.6. The first-order valence-electron chi connectivity index (χ1n) is 13.5. The highest BCUT2D eigenvalue weighted by molar-refractivity contribution is 6.48. The molecular weight excluding hydrogens is 497 g/mol. The number of carbonyl (C=O) groups is 1. The molecule has 4 fully saturated rings. The van der Waals surface area contributed by atoms with Crippen LogP contribution in [0.4, 0.5) is 5.69 Å². The Morgan fingerprint density at radius 2 is 1.92 bits per heavy atom. The zero-order valence-corrected chi connectivity index (χ0v) is 22.6. The van der Waals surface area contributed by atoms with E-state index in [-0.39, 0.29) is 28.7 Å². The van der Waals surface area contributed by atoms with Crippen LogP contribution in [0.15, 0.2) is 53.5 Å². The van der Waals surface area contributed by atoms with Crippen LogP contribution in [0.25, 0.3) is 11.1 Å². The molecule has 0 aromatic heterocycles. The third-order valence-corrected chi connectivity index (χ3v) is 9.13. The van der Waals surface area contributed by atoms with Gasteiger partial charge in [0.15, 0.2) is 5.96 Å². The number of guanidine groups is 1. The van der Waals surface area contributed by atoms with Gasteiger partial charge in [0, 0.05) is 12.6 Å². The molecule has 5 N–H and O–H groups in total. The number of nitrogens with one attached hydrogen (secondary N) is 1. The lowest BCUT2D eigenvalue weighted by atomic mass is 9.43. The van der Waals surface area contributed by atoms with Crippen LogP contribution in [-0.2, 0) is 9.31 Å². The minimum atomic E-state index is -0.680. The van der Waals surface area contributed by atoms with Crippen molar-refractivity contribution in [1.82, 2.24) is 5.32 Å². The number of rotatable bonds is 9. The van der Waals surface area contributed by atoms with Crippen molar-refractivity contribution in [3.05, 3.63) is 64.2 Å². The quantitative estimate of drug-likeness (QED) is 0.111. The highest BCUT2D eigenvalue weighted by atomic mass is 16.7. The Morgan fingerprint density at radius 1 is 1.18 bits per heavy atom. The molecule has 1 heterocycles. The Bertz CT molecular complexity index is 1280. The molecule has 6 rings (SSSR count). The number of hydrogen-bond donors (Lipinski definition) is 3. The van der Waals surface area contributed by atoms with E-state index in [2.05, 4.69) is 31.1 Å². The summed E-state index contributed by atoms with van der Waals surface area (Å²) >= 11 is 0. The maximum Gasteiger partial charge on any atom is 0.481 e. The molecule has 1 amide bonds. The SMILES string of the molecule is CC1(C)C2CC1[C@]1(C)OB([C@H](CCCN=C(N)N)NC(=O)c3ccc(-c4ccccc4)cc3[N+](=O)[O-])O[C@@H]1C2. The summed E-state index contributed by atoms with van der Waals surface area (Å²) in [5, 5.41) is 15.0. The summed E-state index contributed by atoms with van der Waals surface area (Å²) < 4.78 is 13.1. The van der Waals surface area contributed by atoms with Crippen LogP contribution in [-0.4, -0.2) is 48.1 Å². The van der Waals surface area contributed by atoms with Crippen molar-refractivity contribution >= 4 is 24.7 Å². The molecule has 2 unspecified atom stereocenters. The van der Waals surface area contributed by atoms with Crippen LogP contribution in [0, 0.1) is 27.4 Å². The van der Waals surface area contributed by atoms with E-state index >= 15 is 0 Å². The summed E-state index contributed by atoms with van der Waals surface area (Å²) in [6, 6.07) is 14.0. The second-order valence-corrected chi connectivity index (χ2v) is 11.7. The highest BCUT2D eigenvalue weighted by Gasteiger charge is 2.68. The van der Waals surface area contributed by atoms with Gasteiger partial charge < -0.3 is 26.1 Å².